The van der Waals surface area contributed by atoms with Gasteiger partial charge in [-0.1, -0.05) is 0 Å². The maximum absolute atomic E-state index is 5.35. The van der Waals surface area contributed by atoms with Crippen LogP contribution < -0.4 is 5.32 Å². The van der Waals surface area contributed by atoms with Gasteiger partial charge in [0.15, 0.2) is 5.76 Å². The average molecular weight is 322 g/mol. The van der Waals surface area contributed by atoms with Crippen molar-refractivity contribution in [1.29, 1.82) is 0 Å². The molecule has 0 amide bonds. The van der Waals surface area contributed by atoms with Crippen molar-refractivity contribution in [2.45, 2.75) is 0 Å². The van der Waals surface area contributed by atoms with E-state index in [1.54, 1.807) is 19.4 Å². The van der Waals surface area contributed by atoms with E-state index in [2.05, 4.69) is 46.3 Å². The second-order valence-electron chi connectivity index (χ2n) is 3.47. The number of aromatic nitrogens is 6. The summed E-state index contributed by atoms with van der Waals surface area (Å²) in [5, 5.41) is 6.86. The first-order valence-electron chi connectivity index (χ1n) is 5.30. The molecular weight excluding hydrogens is 314 g/mol. The Bertz CT molecular complexity index is 694. The van der Waals surface area contributed by atoms with Crippen molar-refractivity contribution < 1.29 is 4.42 Å². The summed E-state index contributed by atoms with van der Waals surface area (Å²) in [6, 6.07) is 1.77. The Labute approximate surface area is 116 Å². The van der Waals surface area contributed by atoms with Crippen LogP contribution in [0.4, 0.5) is 5.95 Å². The second-order valence-corrected chi connectivity index (χ2v) is 4.32. The Morgan fingerprint density at radius 2 is 2.21 bits per heavy atom. The molecule has 0 saturated carbocycles. The van der Waals surface area contributed by atoms with E-state index in [1.165, 1.54) is 17.3 Å². The molecule has 0 bridgehead atoms. The van der Waals surface area contributed by atoms with Gasteiger partial charge in [0.1, 0.15) is 12.7 Å². The van der Waals surface area contributed by atoms with E-state index in [-0.39, 0.29) is 0 Å². The molecule has 0 aliphatic rings. The molecule has 3 aromatic rings. The van der Waals surface area contributed by atoms with E-state index in [0.717, 1.165) is 4.47 Å². The fourth-order valence-electron chi connectivity index (χ4n) is 1.45. The smallest absolute Gasteiger partial charge is 0.257 e. The third-order valence-corrected chi connectivity index (χ3v) is 2.92. The first kappa shape index (κ1) is 11.8. The highest BCUT2D eigenvalue weighted by atomic mass is 79.9. The Morgan fingerprint density at radius 3 is 2.84 bits per heavy atom. The Balaban J connectivity index is 2.16. The van der Waals surface area contributed by atoms with Crippen molar-refractivity contribution in [3.8, 4) is 17.5 Å². The molecule has 96 valence electrons. The first-order chi connectivity index (χ1) is 9.28. The molecular formula is C10H8BrN7O. The van der Waals surface area contributed by atoms with Crippen LogP contribution >= 0.6 is 15.9 Å². The first-order valence-corrected chi connectivity index (χ1v) is 6.09. The van der Waals surface area contributed by atoms with Gasteiger partial charge in [-0.05, 0) is 22.0 Å². The number of hydrogen-bond acceptors (Lipinski definition) is 7. The predicted octanol–water partition coefficient (Wildman–Crippen LogP) is 1.52. The largest absolute Gasteiger partial charge is 0.460 e. The number of rotatable bonds is 3. The fourth-order valence-corrected chi connectivity index (χ4v) is 1.82. The Hall–Kier alpha value is -2.29. The number of hydrogen-bond donors (Lipinski definition) is 1. The predicted molar refractivity (Wildman–Crippen MR) is 69.7 cm³/mol. The quantitative estimate of drug-likeness (QED) is 0.781. The highest BCUT2D eigenvalue weighted by molar-refractivity contribution is 9.10. The monoisotopic (exact) mass is 321 g/mol. The standard InChI is InChI=1S/C10H8BrN7O/c1-12-9-15-8(7-6(11)2-3-19-7)16-10(17-9)18-5-13-4-14-18/h2-5H,1H3,(H,12,15,16,17). The number of anilines is 1. The normalized spacial score (nSPS) is 10.6. The van der Waals surface area contributed by atoms with Gasteiger partial charge in [0.25, 0.3) is 5.95 Å². The van der Waals surface area contributed by atoms with E-state index in [1.807, 2.05) is 0 Å². The van der Waals surface area contributed by atoms with Crippen molar-refractivity contribution in [2.24, 2.45) is 0 Å². The van der Waals surface area contributed by atoms with Gasteiger partial charge in [-0.25, -0.2) is 4.98 Å². The molecule has 3 aromatic heterocycles. The second kappa shape index (κ2) is 4.76. The fraction of sp³-hybridized carbons (Fsp3) is 0.100. The maximum Gasteiger partial charge on any atom is 0.257 e. The van der Waals surface area contributed by atoms with Crippen molar-refractivity contribution >= 4 is 21.9 Å². The number of nitrogens with one attached hydrogen (secondary N) is 1. The molecule has 0 fully saturated rings. The van der Waals surface area contributed by atoms with E-state index in [9.17, 15) is 0 Å². The summed E-state index contributed by atoms with van der Waals surface area (Å²) in [5.41, 5.74) is 0. The Kier molecular flexibility index (Phi) is 2.95. The lowest BCUT2D eigenvalue weighted by Gasteiger charge is -2.04. The van der Waals surface area contributed by atoms with Gasteiger partial charge in [0.2, 0.25) is 11.8 Å². The molecule has 0 aliphatic heterocycles. The summed E-state index contributed by atoms with van der Waals surface area (Å²) in [6.07, 6.45) is 4.47. The lowest BCUT2D eigenvalue weighted by molar-refractivity contribution is 0.575. The van der Waals surface area contributed by atoms with E-state index >= 15 is 0 Å². The van der Waals surface area contributed by atoms with Gasteiger partial charge in [-0.3, -0.25) is 0 Å². The number of halogens is 1. The topological polar surface area (TPSA) is 94.6 Å². The van der Waals surface area contributed by atoms with Crippen LogP contribution in [0.2, 0.25) is 0 Å². The van der Waals surface area contributed by atoms with Gasteiger partial charge in [-0.2, -0.15) is 24.7 Å². The van der Waals surface area contributed by atoms with E-state index in [4.69, 9.17) is 4.42 Å². The van der Waals surface area contributed by atoms with Crippen LogP contribution in [0.15, 0.2) is 33.9 Å². The SMILES string of the molecule is CNc1nc(-c2occc2Br)nc(-n2cncn2)n1. The minimum atomic E-state index is 0.357. The van der Waals surface area contributed by atoms with Crippen molar-refractivity contribution in [2.75, 3.05) is 12.4 Å². The molecule has 0 aromatic carbocycles. The lowest BCUT2D eigenvalue weighted by Crippen LogP contribution is -2.08. The molecule has 8 nitrogen and oxygen atoms in total. The van der Waals surface area contributed by atoms with Gasteiger partial charge in [0, 0.05) is 7.05 Å². The van der Waals surface area contributed by atoms with Crippen LogP contribution in [0.5, 0.6) is 0 Å². The van der Waals surface area contributed by atoms with Crippen LogP contribution in [-0.4, -0.2) is 36.8 Å². The van der Waals surface area contributed by atoms with E-state index < -0.39 is 0 Å². The average Bonchev–Trinajstić information content (AvgIpc) is 3.09. The van der Waals surface area contributed by atoms with Gasteiger partial charge in [-0.15, -0.1) is 0 Å². The van der Waals surface area contributed by atoms with Gasteiger partial charge in [0.05, 0.1) is 10.7 Å². The minimum Gasteiger partial charge on any atom is -0.460 e. The van der Waals surface area contributed by atoms with Crippen LogP contribution in [0.3, 0.4) is 0 Å². The highest BCUT2D eigenvalue weighted by Crippen LogP contribution is 2.27. The molecule has 0 atom stereocenters. The lowest BCUT2D eigenvalue weighted by atomic mass is 10.4. The molecule has 19 heavy (non-hydrogen) atoms. The molecule has 0 saturated heterocycles. The maximum atomic E-state index is 5.35. The third-order valence-electron chi connectivity index (χ3n) is 2.29. The zero-order valence-electron chi connectivity index (χ0n) is 9.78. The van der Waals surface area contributed by atoms with Gasteiger partial charge >= 0.3 is 0 Å². The van der Waals surface area contributed by atoms with Crippen molar-refractivity contribution in [3.63, 3.8) is 0 Å². The zero-order chi connectivity index (χ0) is 13.2. The molecule has 3 rings (SSSR count). The van der Waals surface area contributed by atoms with Crippen LogP contribution in [0, 0.1) is 0 Å². The third kappa shape index (κ3) is 2.19. The van der Waals surface area contributed by atoms with E-state index in [0.29, 0.717) is 23.5 Å². The number of furan rings is 1. The Morgan fingerprint density at radius 1 is 1.32 bits per heavy atom. The molecule has 0 aliphatic carbocycles. The van der Waals surface area contributed by atoms with Crippen LogP contribution in [-0.2, 0) is 0 Å². The summed E-state index contributed by atoms with van der Waals surface area (Å²) in [5.74, 6) is 1.70. The van der Waals surface area contributed by atoms with Crippen LogP contribution in [0.1, 0.15) is 0 Å². The molecule has 1 N–H and O–H groups in total. The highest BCUT2D eigenvalue weighted by Gasteiger charge is 2.14. The minimum absolute atomic E-state index is 0.357. The number of nitrogens with zero attached hydrogens (tertiary/aromatic N) is 6. The zero-order valence-corrected chi connectivity index (χ0v) is 11.4. The van der Waals surface area contributed by atoms with Crippen LogP contribution in [0.25, 0.3) is 17.5 Å². The molecule has 0 spiro atoms. The summed E-state index contributed by atoms with van der Waals surface area (Å²) in [7, 11) is 1.72. The molecule has 3 heterocycles. The summed E-state index contributed by atoms with van der Waals surface area (Å²) < 4.78 is 7.57. The molecule has 9 heteroatoms. The molecule has 0 unspecified atom stereocenters. The van der Waals surface area contributed by atoms with Gasteiger partial charge < -0.3 is 9.73 Å². The summed E-state index contributed by atoms with van der Waals surface area (Å²) in [6.45, 7) is 0. The van der Waals surface area contributed by atoms with Crippen molar-refractivity contribution in [1.82, 2.24) is 29.7 Å². The molecule has 0 radical (unpaired) electrons. The summed E-state index contributed by atoms with van der Waals surface area (Å²) >= 11 is 3.37. The van der Waals surface area contributed by atoms with Crippen molar-refractivity contribution in [3.05, 3.63) is 29.5 Å². The summed E-state index contributed by atoms with van der Waals surface area (Å²) in [4.78, 5) is 16.6.